The number of carbonyl (C=O) groups excluding carboxylic acids is 1. The van der Waals surface area contributed by atoms with E-state index in [1.807, 2.05) is 18.2 Å². The Bertz CT molecular complexity index is 1480. The number of anilines is 2. The number of ether oxygens (including phenoxy) is 1. The van der Waals surface area contributed by atoms with Crippen molar-refractivity contribution in [1.29, 1.82) is 0 Å². The summed E-state index contributed by atoms with van der Waals surface area (Å²) in [4.78, 5) is 31.0. The van der Waals surface area contributed by atoms with Gasteiger partial charge in [-0.25, -0.2) is 15.2 Å². The third-order valence-corrected chi connectivity index (χ3v) is 9.28. The maximum Gasteiger partial charge on any atom is 0.423 e. The molecule has 0 atom stereocenters. The van der Waals surface area contributed by atoms with Crippen LogP contribution in [0.5, 0.6) is 11.5 Å². The number of nitrogens with zero attached hydrogens (tertiary/aromatic N) is 3. The Morgan fingerprint density at radius 1 is 0.780 bits per heavy atom. The molecule has 3 aromatic carbocycles. The fourth-order valence-corrected chi connectivity index (χ4v) is 7.44. The van der Waals surface area contributed by atoms with Gasteiger partial charge < -0.3 is 19.6 Å². The summed E-state index contributed by atoms with van der Waals surface area (Å²) in [6.45, 7) is 8.16. The number of amides is 2. The maximum atomic E-state index is 14.0. The van der Waals surface area contributed by atoms with Crippen LogP contribution >= 0.6 is 0 Å². The fourth-order valence-electron chi connectivity index (χ4n) is 7.44. The van der Waals surface area contributed by atoms with Crippen molar-refractivity contribution in [3.05, 3.63) is 81.9 Å². The Hall–Kier alpha value is -4.20. The lowest BCUT2D eigenvalue weighted by atomic mass is 9.74. The zero-order valence-electron chi connectivity index (χ0n) is 23.7. The third-order valence-electron chi connectivity index (χ3n) is 9.28. The lowest BCUT2D eigenvalue weighted by Gasteiger charge is -2.44. The van der Waals surface area contributed by atoms with Crippen molar-refractivity contribution in [2.45, 2.75) is 57.9 Å². The van der Waals surface area contributed by atoms with E-state index in [0.29, 0.717) is 17.1 Å². The summed E-state index contributed by atoms with van der Waals surface area (Å²) in [5.74, 6) is 0.926. The number of hydrazine groups is 1. The van der Waals surface area contributed by atoms with Gasteiger partial charge in [0.15, 0.2) is 0 Å². The number of nitrogens with one attached hydrogen (secondary N) is 1. The van der Waals surface area contributed by atoms with Crippen LogP contribution < -0.4 is 20.0 Å². The van der Waals surface area contributed by atoms with Crippen LogP contribution in [0.15, 0.2) is 48.5 Å². The van der Waals surface area contributed by atoms with E-state index in [-0.39, 0.29) is 5.91 Å². The number of fused-ring (bicyclic) bond motifs is 6. The van der Waals surface area contributed by atoms with Crippen LogP contribution in [0.25, 0.3) is 0 Å². The lowest BCUT2D eigenvalue weighted by molar-refractivity contribution is 0.0502. The van der Waals surface area contributed by atoms with Crippen LogP contribution in [0, 0.1) is 13.8 Å². The van der Waals surface area contributed by atoms with Crippen molar-refractivity contribution in [3.63, 3.8) is 0 Å². The molecule has 2 amide bonds. The molecule has 0 unspecified atom stereocenters. The monoisotopic (exact) mass is 552 g/mol. The van der Waals surface area contributed by atoms with Crippen molar-refractivity contribution in [3.8, 4) is 11.5 Å². The topological polar surface area (TPSA) is 85.4 Å². The average Bonchev–Trinajstić information content (AvgIpc) is 3.22. The second-order valence-electron chi connectivity index (χ2n) is 11.8. The minimum atomic E-state index is -1.29. The van der Waals surface area contributed by atoms with Crippen LogP contribution in [-0.4, -0.2) is 48.3 Å². The smallest absolute Gasteiger partial charge is 0.423 e. The van der Waals surface area contributed by atoms with Gasteiger partial charge in [0, 0.05) is 71.9 Å². The molecule has 4 heterocycles. The summed E-state index contributed by atoms with van der Waals surface area (Å²) in [7, 11) is 0. The zero-order chi connectivity index (χ0) is 28.3. The first-order valence-electron chi connectivity index (χ1n) is 14.8. The van der Waals surface area contributed by atoms with E-state index in [2.05, 4.69) is 53.3 Å². The number of carboxylic acid groups (broad SMARTS) is 1. The summed E-state index contributed by atoms with van der Waals surface area (Å²) in [6.07, 6.45) is 5.80. The van der Waals surface area contributed by atoms with Gasteiger partial charge in [0.2, 0.25) is 0 Å². The number of benzene rings is 3. The van der Waals surface area contributed by atoms with Gasteiger partial charge in [-0.2, -0.15) is 0 Å². The first-order valence-corrected chi connectivity index (χ1v) is 14.8. The molecule has 0 saturated carbocycles. The molecule has 8 nitrogen and oxygen atoms in total. The number of piperidine rings is 2. The first kappa shape index (κ1) is 25.7. The van der Waals surface area contributed by atoms with Gasteiger partial charge >= 0.3 is 6.09 Å². The standard InChI is InChI=1S/C33H36N4O4/c1-21-17-25-29(19-27(21)35-13-7-3-8-14-35)41-30-20-28(36-15-9-4-10-16-36)22(2)18-26(30)33(25)24-12-6-5-11-23(24)31(38)37(33)34-32(39)40/h5-6,11-12,17-20,34H,3-4,7-10,13-16H2,1-2H3,(H,39,40). The maximum absolute atomic E-state index is 14.0. The molecule has 2 saturated heterocycles. The van der Waals surface area contributed by atoms with Crippen LogP contribution in [-0.2, 0) is 5.54 Å². The fraction of sp³-hybridized carbons (Fsp3) is 0.394. The van der Waals surface area contributed by atoms with Crippen LogP contribution in [0.1, 0.15) is 76.7 Å². The molecule has 4 aliphatic rings. The highest BCUT2D eigenvalue weighted by molar-refractivity contribution is 6.03. The number of aryl methyl sites for hydroxylation is 2. The SMILES string of the molecule is Cc1cc2c(cc1N1CCCCC1)Oc1cc(N3CCCCC3)c(C)cc1C21c2ccccc2C(=O)N1NC(=O)O. The molecular formula is C33H36N4O4. The lowest BCUT2D eigenvalue weighted by Crippen LogP contribution is -2.55. The summed E-state index contributed by atoms with van der Waals surface area (Å²) < 4.78 is 6.77. The van der Waals surface area contributed by atoms with Crippen LogP contribution in [0.2, 0.25) is 0 Å². The van der Waals surface area contributed by atoms with Crippen LogP contribution in [0.3, 0.4) is 0 Å². The number of rotatable bonds is 3. The summed E-state index contributed by atoms with van der Waals surface area (Å²) >= 11 is 0. The van der Waals surface area contributed by atoms with E-state index >= 15 is 0 Å². The van der Waals surface area contributed by atoms with Crippen molar-refractivity contribution >= 4 is 23.4 Å². The molecule has 2 fully saturated rings. The second-order valence-corrected chi connectivity index (χ2v) is 11.8. The summed E-state index contributed by atoms with van der Waals surface area (Å²) in [5, 5.41) is 11.3. The van der Waals surface area contributed by atoms with Crippen molar-refractivity contribution in [2.75, 3.05) is 36.0 Å². The van der Waals surface area contributed by atoms with Crippen LogP contribution in [0.4, 0.5) is 16.2 Å². The number of hydrogen-bond donors (Lipinski definition) is 2. The van der Waals surface area contributed by atoms with E-state index in [0.717, 1.165) is 91.1 Å². The molecule has 41 heavy (non-hydrogen) atoms. The number of carbonyl (C=O) groups is 2. The normalized spacial score (nSPS) is 19.0. The summed E-state index contributed by atoms with van der Waals surface area (Å²) in [5.41, 5.74) is 8.44. The van der Waals surface area contributed by atoms with Crippen molar-refractivity contribution in [1.82, 2.24) is 10.4 Å². The zero-order valence-corrected chi connectivity index (χ0v) is 23.7. The quantitative estimate of drug-likeness (QED) is 0.396. The molecule has 4 aliphatic heterocycles. The molecule has 0 aromatic heterocycles. The molecule has 1 spiro atoms. The van der Waals surface area contributed by atoms with E-state index in [1.165, 1.54) is 17.9 Å². The second kappa shape index (κ2) is 9.72. The van der Waals surface area contributed by atoms with E-state index in [1.54, 1.807) is 6.07 Å². The van der Waals surface area contributed by atoms with Gasteiger partial charge in [0.25, 0.3) is 5.91 Å². The Balaban J connectivity index is 1.51. The van der Waals surface area contributed by atoms with Gasteiger partial charge in [0.1, 0.15) is 17.0 Å². The molecule has 0 radical (unpaired) electrons. The highest BCUT2D eigenvalue weighted by Crippen LogP contribution is 2.58. The largest absolute Gasteiger partial charge is 0.464 e. The predicted octanol–water partition coefficient (Wildman–Crippen LogP) is 6.32. The number of hydrogen-bond acceptors (Lipinski definition) is 5. The Labute approximate surface area is 240 Å². The third kappa shape index (κ3) is 3.87. The van der Waals surface area contributed by atoms with E-state index in [4.69, 9.17) is 4.74 Å². The highest BCUT2D eigenvalue weighted by Gasteiger charge is 2.58. The minimum absolute atomic E-state index is 0.377. The summed E-state index contributed by atoms with van der Waals surface area (Å²) in [6, 6.07) is 15.9. The molecular weight excluding hydrogens is 516 g/mol. The Morgan fingerprint density at radius 2 is 1.29 bits per heavy atom. The van der Waals surface area contributed by atoms with Gasteiger partial charge in [-0.1, -0.05) is 18.2 Å². The Morgan fingerprint density at radius 3 is 1.80 bits per heavy atom. The van der Waals surface area contributed by atoms with Gasteiger partial charge in [0.05, 0.1) is 0 Å². The minimum Gasteiger partial charge on any atom is -0.464 e. The molecule has 8 heteroatoms. The predicted molar refractivity (Wildman–Crippen MR) is 158 cm³/mol. The van der Waals surface area contributed by atoms with Crippen molar-refractivity contribution in [2.24, 2.45) is 0 Å². The molecule has 2 N–H and O–H groups in total. The average molecular weight is 553 g/mol. The van der Waals surface area contributed by atoms with E-state index < -0.39 is 11.6 Å². The van der Waals surface area contributed by atoms with E-state index in [9.17, 15) is 14.7 Å². The highest BCUT2D eigenvalue weighted by atomic mass is 16.5. The Kier molecular flexibility index (Phi) is 6.10. The molecule has 7 rings (SSSR count). The van der Waals surface area contributed by atoms with Gasteiger partial charge in [-0.15, -0.1) is 0 Å². The molecule has 0 aliphatic carbocycles. The molecule has 3 aromatic rings. The van der Waals surface area contributed by atoms with Gasteiger partial charge in [-0.3, -0.25) is 4.79 Å². The first-order chi connectivity index (χ1) is 19.9. The van der Waals surface area contributed by atoms with Gasteiger partial charge in [-0.05, 0) is 81.7 Å². The van der Waals surface area contributed by atoms with Crippen molar-refractivity contribution < 1.29 is 19.4 Å². The molecule has 212 valence electrons. The molecule has 0 bridgehead atoms.